The minimum absolute atomic E-state index is 0.0991. The van der Waals surface area contributed by atoms with Gasteiger partial charge in [-0.1, -0.05) is 0 Å². The van der Waals surface area contributed by atoms with Crippen LogP contribution in [-0.4, -0.2) is 15.5 Å². The molecule has 0 fully saturated rings. The number of halogens is 2. The summed E-state index contributed by atoms with van der Waals surface area (Å²) in [5.41, 5.74) is 6.21. The third kappa shape index (κ3) is 1.05. The molecular formula is C7H9F2N3. The van der Waals surface area contributed by atoms with Crippen LogP contribution in [0, 0.1) is 0 Å². The summed E-state index contributed by atoms with van der Waals surface area (Å²) in [6.07, 6.45) is 1.82. The van der Waals surface area contributed by atoms with Gasteiger partial charge in [0.05, 0.1) is 12.7 Å². The molecule has 0 spiro atoms. The number of aromatic nitrogens is 2. The normalized spacial score (nSPS) is 20.5. The van der Waals surface area contributed by atoms with E-state index in [1.807, 2.05) is 0 Å². The van der Waals surface area contributed by atoms with Gasteiger partial charge in [0.25, 0.3) is 5.92 Å². The lowest BCUT2D eigenvalue weighted by molar-refractivity contribution is -0.0335. The molecule has 0 radical (unpaired) electrons. The van der Waals surface area contributed by atoms with Crippen molar-refractivity contribution >= 4 is 5.95 Å². The van der Waals surface area contributed by atoms with E-state index in [0.29, 0.717) is 6.42 Å². The lowest BCUT2D eigenvalue weighted by Crippen LogP contribution is -2.30. The summed E-state index contributed by atoms with van der Waals surface area (Å²) >= 11 is 0. The first kappa shape index (κ1) is 7.52. The summed E-state index contributed by atoms with van der Waals surface area (Å²) in [4.78, 5) is 3.77. The molecule has 2 N–H and O–H groups in total. The molecule has 0 bridgehead atoms. The van der Waals surface area contributed by atoms with Gasteiger partial charge in [-0.3, -0.25) is 0 Å². The summed E-state index contributed by atoms with van der Waals surface area (Å²) in [6.45, 7) is -0.325. The fourth-order valence-electron chi connectivity index (χ4n) is 1.43. The van der Waals surface area contributed by atoms with Gasteiger partial charge in [0.2, 0.25) is 5.95 Å². The number of nitrogens with two attached hydrogens (primary N) is 1. The molecule has 2 rings (SSSR count). The first-order valence-electron chi connectivity index (χ1n) is 3.76. The van der Waals surface area contributed by atoms with Crippen LogP contribution < -0.4 is 5.73 Å². The van der Waals surface area contributed by atoms with Gasteiger partial charge in [-0.25, -0.2) is 13.8 Å². The number of nitrogens with zero attached hydrogens (tertiary/aromatic N) is 2. The van der Waals surface area contributed by atoms with E-state index in [0.717, 1.165) is 5.69 Å². The molecule has 0 saturated carbocycles. The smallest absolute Gasteiger partial charge is 0.266 e. The van der Waals surface area contributed by atoms with Gasteiger partial charge in [-0.2, -0.15) is 0 Å². The van der Waals surface area contributed by atoms with Gasteiger partial charge >= 0.3 is 0 Å². The molecule has 0 saturated heterocycles. The second-order valence-corrected chi connectivity index (χ2v) is 3.05. The largest absolute Gasteiger partial charge is 0.369 e. The zero-order valence-corrected chi connectivity index (χ0v) is 6.43. The van der Waals surface area contributed by atoms with Gasteiger partial charge in [0.1, 0.15) is 0 Å². The number of fused-ring (bicyclic) bond motifs is 1. The molecule has 5 heteroatoms. The maximum atomic E-state index is 12.8. The van der Waals surface area contributed by atoms with Crippen LogP contribution in [0.2, 0.25) is 0 Å². The Labute approximate surface area is 68.2 Å². The first-order chi connectivity index (χ1) is 5.58. The van der Waals surface area contributed by atoms with E-state index in [2.05, 4.69) is 4.98 Å². The fraction of sp³-hybridized carbons (Fsp3) is 0.571. The second-order valence-electron chi connectivity index (χ2n) is 3.05. The molecule has 0 atom stereocenters. The maximum Gasteiger partial charge on any atom is 0.266 e. The Bertz CT molecular complexity index is 306. The van der Waals surface area contributed by atoms with E-state index in [9.17, 15) is 8.78 Å². The molecule has 1 aromatic heterocycles. The number of alkyl halides is 2. The van der Waals surface area contributed by atoms with Crippen molar-refractivity contribution in [2.75, 3.05) is 5.73 Å². The lowest BCUT2D eigenvalue weighted by Gasteiger charge is -2.23. The average molecular weight is 173 g/mol. The van der Waals surface area contributed by atoms with Gasteiger partial charge in [-0.15, -0.1) is 0 Å². The highest BCUT2D eigenvalue weighted by atomic mass is 19.3. The van der Waals surface area contributed by atoms with E-state index >= 15 is 0 Å². The zero-order valence-electron chi connectivity index (χ0n) is 6.43. The Hall–Kier alpha value is -1.13. The number of aryl methyl sites for hydroxylation is 1. The molecule has 1 aliphatic heterocycles. The number of nitrogen functional groups attached to an aromatic ring is 1. The highest BCUT2D eigenvalue weighted by molar-refractivity contribution is 5.24. The molecule has 0 unspecified atom stereocenters. The number of rotatable bonds is 0. The van der Waals surface area contributed by atoms with Crippen molar-refractivity contribution in [2.24, 2.45) is 0 Å². The van der Waals surface area contributed by atoms with E-state index in [-0.39, 0.29) is 18.9 Å². The zero-order chi connectivity index (χ0) is 8.77. The number of hydrogen-bond donors (Lipinski definition) is 1. The van der Waals surface area contributed by atoms with Crippen LogP contribution in [0.25, 0.3) is 0 Å². The quantitative estimate of drug-likeness (QED) is 0.637. The monoisotopic (exact) mass is 173 g/mol. The topological polar surface area (TPSA) is 43.8 Å². The molecule has 0 aliphatic carbocycles. The van der Waals surface area contributed by atoms with Gasteiger partial charge < -0.3 is 10.3 Å². The van der Waals surface area contributed by atoms with Crippen molar-refractivity contribution in [3.8, 4) is 0 Å². The summed E-state index contributed by atoms with van der Waals surface area (Å²) in [5, 5.41) is 0. The molecule has 1 aromatic rings. The minimum Gasteiger partial charge on any atom is -0.369 e. The summed E-state index contributed by atoms with van der Waals surface area (Å²) < 4.78 is 27.1. The SMILES string of the molecule is Nc1ncc2n1CC(F)(F)CC2. The molecule has 2 heterocycles. The van der Waals surface area contributed by atoms with Crippen LogP contribution in [0.15, 0.2) is 6.20 Å². The van der Waals surface area contributed by atoms with Gasteiger partial charge in [-0.05, 0) is 6.42 Å². The minimum atomic E-state index is -2.62. The Balaban J connectivity index is 2.38. The molecular weight excluding hydrogens is 164 g/mol. The molecule has 0 amide bonds. The highest BCUT2D eigenvalue weighted by Gasteiger charge is 2.34. The van der Waals surface area contributed by atoms with Crippen LogP contribution in [0.5, 0.6) is 0 Å². The van der Waals surface area contributed by atoms with E-state index in [1.165, 1.54) is 4.57 Å². The predicted molar refractivity (Wildman–Crippen MR) is 39.9 cm³/mol. The van der Waals surface area contributed by atoms with Gasteiger partial charge in [0, 0.05) is 12.1 Å². The van der Waals surface area contributed by atoms with Crippen molar-refractivity contribution in [1.82, 2.24) is 9.55 Å². The Kier molecular flexibility index (Phi) is 1.37. The van der Waals surface area contributed by atoms with Crippen molar-refractivity contribution in [3.63, 3.8) is 0 Å². The lowest BCUT2D eigenvalue weighted by atomic mass is 10.1. The fourth-order valence-corrected chi connectivity index (χ4v) is 1.43. The van der Waals surface area contributed by atoms with Crippen molar-refractivity contribution in [2.45, 2.75) is 25.3 Å². The van der Waals surface area contributed by atoms with Crippen molar-refractivity contribution in [3.05, 3.63) is 11.9 Å². The third-order valence-corrected chi connectivity index (χ3v) is 2.11. The second kappa shape index (κ2) is 2.18. The first-order valence-corrected chi connectivity index (χ1v) is 3.76. The van der Waals surface area contributed by atoms with Crippen LogP contribution >= 0.6 is 0 Å². The van der Waals surface area contributed by atoms with Gasteiger partial charge in [0.15, 0.2) is 0 Å². The number of imidazole rings is 1. The molecule has 1 aliphatic rings. The number of hydrogen-bond acceptors (Lipinski definition) is 2. The predicted octanol–water partition coefficient (Wildman–Crippen LogP) is 1.05. The Morgan fingerprint density at radius 3 is 3.08 bits per heavy atom. The van der Waals surface area contributed by atoms with E-state index < -0.39 is 5.92 Å². The van der Waals surface area contributed by atoms with E-state index in [4.69, 9.17) is 5.73 Å². The van der Waals surface area contributed by atoms with E-state index in [1.54, 1.807) is 6.20 Å². The van der Waals surface area contributed by atoms with Crippen LogP contribution in [-0.2, 0) is 13.0 Å². The molecule has 66 valence electrons. The molecule has 12 heavy (non-hydrogen) atoms. The molecule has 0 aromatic carbocycles. The third-order valence-electron chi connectivity index (χ3n) is 2.11. The van der Waals surface area contributed by atoms with Crippen LogP contribution in [0.1, 0.15) is 12.1 Å². The average Bonchev–Trinajstić information content (AvgIpc) is 2.31. The standard InChI is InChI=1S/C7H9F2N3/c8-7(9)2-1-5-3-11-6(10)12(5)4-7/h3H,1-2,4H2,(H2,10,11). The molecule has 3 nitrogen and oxygen atoms in total. The van der Waals surface area contributed by atoms with Crippen LogP contribution in [0.3, 0.4) is 0 Å². The highest BCUT2D eigenvalue weighted by Crippen LogP contribution is 2.29. The Morgan fingerprint density at radius 1 is 1.58 bits per heavy atom. The number of anilines is 1. The maximum absolute atomic E-state index is 12.8. The summed E-state index contributed by atoms with van der Waals surface area (Å²) in [6, 6.07) is 0. The van der Waals surface area contributed by atoms with Crippen LogP contribution in [0.4, 0.5) is 14.7 Å². The Morgan fingerprint density at radius 2 is 2.33 bits per heavy atom. The van der Waals surface area contributed by atoms with Crippen molar-refractivity contribution in [1.29, 1.82) is 0 Å². The summed E-state index contributed by atoms with van der Waals surface area (Å²) in [5.74, 6) is -2.44. The van der Waals surface area contributed by atoms with Crippen molar-refractivity contribution < 1.29 is 8.78 Å². The summed E-state index contributed by atoms with van der Waals surface area (Å²) in [7, 11) is 0.